The standard InChI is InChI=1S/C80H159NO5/c1-3-5-7-9-11-13-15-17-19-20-21-22-36-39-42-45-48-52-56-60-64-68-72-78(83)77(76-82)81-79(84)73-69-65-61-57-53-49-46-43-40-37-34-32-30-28-26-24-23-25-27-29-31-33-35-38-41-44-47-51-55-59-63-67-71-75-86-80(85)74-70-66-62-58-54-50-18-16-14-12-10-8-6-4-2/h77-78,82-83H,3-76H2,1-2H3,(H,81,84). The van der Waals surface area contributed by atoms with Crippen molar-refractivity contribution in [2.45, 2.75) is 488 Å². The number of ether oxygens (including phenoxy) is 1. The molecule has 0 aliphatic rings. The lowest BCUT2D eigenvalue weighted by Crippen LogP contribution is -2.45. The van der Waals surface area contributed by atoms with E-state index in [4.69, 9.17) is 4.74 Å². The summed E-state index contributed by atoms with van der Waals surface area (Å²) < 4.78 is 5.50. The summed E-state index contributed by atoms with van der Waals surface area (Å²) >= 11 is 0. The van der Waals surface area contributed by atoms with E-state index >= 15 is 0 Å². The van der Waals surface area contributed by atoms with Gasteiger partial charge in [-0.2, -0.15) is 0 Å². The first kappa shape index (κ1) is 84.9. The van der Waals surface area contributed by atoms with Gasteiger partial charge in [-0.15, -0.1) is 0 Å². The molecule has 0 bridgehead atoms. The van der Waals surface area contributed by atoms with Gasteiger partial charge in [0.05, 0.1) is 25.4 Å². The predicted octanol–water partition coefficient (Wildman–Crippen LogP) is 26.5. The van der Waals surface area contributed by atoms with Gasteiger partial charge >= 0.3 is 5.97 Å². The lowest BCUT2D eigenvalue weighted by molar-refractivity contribution is -0.143. The normalized spacial score (nSPS) is 12.4. The van der Waals surface area contributed by atoms with Crippen LogP contribution in [-0.2, 0) is 14.3 Å². The second-order valence-electron chi connectivity index (χ2n) is 28.1. The van der Waals surface area contributed by atoms with Crippen LogP contribution in [0.2, 0.25) is 0 Å². The third kappa shape index (κ3) is 71.9. The van der Waals surface area contributed by atoms with Crippen LogP contribution in [0.3, 0.4) is 0 Å². The number of hydrogen-bond donors (Lipinski definition) is 3. The third-order valence-electron chi connectivity index (χ3n) is 19.4. The van der Waals surface area contributed by atoms with Gasteiger partial charge < -0.3 is 20.3 Å². The monoisotopic (exact) mass is 1210 g/mol. The number of hydrogen-bond acceptors (Lipinski definition) is 5. The molecule has 0 saturated carbocycles. The van der Waals surface area contributed by atoms with E-state index in [0.717, 1.165) is 38.5 Å². The molecule has 0 spiro atoms. The van der Waals surface area contributed by atoms with Crippen LogP contribution in [0.5, 0.6) is 0 Å². The van der Waals surface area contributed by atoms with Gasteiger partial charge in [-0.05, 0) is 25.7 Å². The van der Waals surface area contributed by atoms with E-state index in [1.54, 1.807) is 0 Å². The molecule has 0 aliphatic carbocycles. The Bertz CT molecular complexity index is 1260. The maximum absolute atomic E-state index is 12.6. The second-order valence-corrected chi connectivity index (χ2v) is 28.1. The van der Waals surface area contributed by atoms with Crippen molar-refractivity contribution in [2.75, 3.05) is 13.2 Å². The van der Waals surface area contributed by atoms with Crippen molar-refractivity contribution >= 4 is 11.9 Å². The van der Waals surface area contributed by atoms with Crippen molar-refractivity contribution in [1.29, 1.82) is 0 Å². The molecule has 0 aliphatic heterocycles. The minimum absolute atomic E-state index is 0.0238. The second kappa shape index (κ2) is 76.3. The third-order valence-corrected chi connectivity index (χ3v) is 19.4. The molecule has 0 aromatic rings. The van der Waals surface area contributed by atoms with E-state index in [9.17, 15) is 19.8 Å². The molecule has 514 valence electrons. The number of rotatable bonds is 77. The van der Waals surface area contributed by atoms with Gasteiger partial charge in [0.1, 0.15) is 0 Å². The molecule has 0 fully saturated rings. The Balaban J connectivity index is 3.31. The minimum Gasteiger partial charge on any atom is -0.466 e. The van der Waals surface area contributed by atoms with Gasteiger partial charge in [0.2, 0.25) is 5.91 Å². The van der Waals surface area contributed by atoms with Gasteiger partial charge in [-0.3, -0.25) is 9.59 Å². The molecule has 0 rings (SSSR count). The van der Waals surface area contributed by atoms with E-state index in [2.05, 4.69) is 19.2 Å². The average molecular weight is 1220 g/mol. The highest BCUT2D eigenvalue weighted by Gasteiger charge is 2.20. The lowest BCUT2D eigenvalue weighted by atomic mass is 10.0. The molecule has 2 unspecified atom stereocenters. The maximum Gasteiger partial charge on any atom is 0.305 e. The van der Waals surface area contributed by atoms with Crippen molar-refractivity contribution < 1.29 is 24.5 Å². The van der Waals surface area contributed by atoms with E-state index in [0.29, 0.717) is 25.9 Å². The van der Waals surface area contributed by atoms with E-state index in [-0.39, 0.29) is 18.5 Å². The van der Waals surface area contributed by atoms with Crippen LogP contribution in [0, 0.1) is 0 Å². The van der Waals surface area contributed by atoms with E-state index in [1.165, 1.54) is 405 Å². The van der Waals surface area contributed by atoms with Crippen LogP contribution in [0.15, 0.2) is 0 Å². The van der Waals surface area contributed by atoms with Gasteiger partial charge in [-0.25, -0.2) is 0 Å². The Morgan fingerprint density at radius 2 is 0.477 bits per heavy atom. The topological polar surface area (TPSA) is 95.9 Å². The smallest absolute Gasteiger partial charge is 0.305 e. The summed E-state index contributed by atoms with van der Waals surface area (Å²) in [6.45, 7) is 5.02. The van der Waals surface area contributed by atoms with Gasteiger partial charge in [0.25, 0.3) is 0 Å². The van der Waals surface area contributed by atoms with Crippen LogP contribution >= 0.6 is 0 Å². The molecule has 6 nitrogen and oxygen atoms in total. The van der Waals surface area contributed by atoms with Gasteiger partial charge in [0, 0.05) is 12.8 Å². The zero-order valence-corrected chi connectivity index (χ0v) is 59.1. The summed E-state index contributed by atoms with van der Waals surface area (Å²) in [5, 5.41) is 23.5. The number of esters is 1. The minimum atomic E-state index is -0.661. The Hall–Kier alpha value is -1.14. The number of unbranched alkanes of at least 4 members (excludes halogenated alkanes) is 66. The number of aliphatic hydroxyl groups excluding tert-OH is 2. The summed E-state index contributed by atoms with van der Waals surface area (Å²) in [7, 11) is 0. The number of carbonyl (C=O) groups excluding carboxylic acids is 2. The van der Waals surface area contributed by atoms with E-state index < -0.39 is 12.1 Å². The fourth-order valence-corrected chi connectivity index (χ4v) is 13.3. The Morgan fingerprint density at radius 1 is 0.279 bits per heavy atom. The van der Waals surface area contributed by atoms with Crippen LogP contribution < -0.4 is 5.32 Å². The molecule has 0 radical (unpaired) electrons. The molecule has 6 heteroatoms. The highest BCUT2D eigenvalue weighted by atomic mass is 16.5. The number of carbonyl (C=O) groups is 2. The zero-order valence-electron chi connectivity index (χ0n) is 59.1. The van der Waals surface area contributed by atoms with Crippen molar-refractivity contribution in [2.24, 2.45) is 0 Å². The van der Waals surface area contributed by atoms with Crippen molar-refractivity contribution in [3.8, 4) is 0 Å². The molecular formula is C80H159NO5. The lowest BCUT2D eigenvalue weighted by Gasteiger charge is -2.22. The van der Waals surface area contributed by atoms with Crippen LogP contribution in [0.4, 0.5) is 0 Å². The largest absolute Gasteiger partial charge is 0.466 e. The highest BCUT2D eigenvalue weighted by Crippen LogP contribution is 2.21. The summed E-state index contributed by atoms with van der Waals surface area (Å²) in [5.74, 6) is 0.00171. The maximum atomic E-state index is 12.6. The quantitative estimate of drug-likeness (QED) is 0.0417. The summed E-state index contributed by atoms with van der Waals surface area (Å²) in [6, 6.07) is -0.538. The average Bonchev–Trinajstić information content (AvgIpc) is 3.58. The molecule has 0 aromatic carbocycles. The SMILES string of the molecule is CCCCCCCCCCCCCCCCCCCCCCCCC(O)C(CO)NC(=O)CCCCCCCCCCCCCCCCCCCCCCCCCCCCCCCCCCCOC(=O)CCCCCCCCCCCCCCCC. The zero-order chi connectivity index (χ0) is 62.0. The Morgan fingerprint density at radius 3 is 0.709 bits per heavy atom. The fourth-order valence-electron chi connectivity index (χ4n) is 13.3. The van der Waals surface area contributed by atoms with Crippen molar-refractivity contribution in [3.05, 3.63) is 0 Å². The number of amides is 1. The first-order valence-electron chi connectivity index (χ1n) is 40.3. The first-order chi connectivity index (χ1) is 42.5. The fraction of sp³-hybridized carbons (Fsp3) is 0.975. The molecule has 86 heavy (non-hydrogen) atoms. The van der Waals surface area contributed by atoms with Crippen LogP contribution in [0.25, 0.3) is 0 Å². The molecule has 0 saturated heterocycles. The molecule has 1 amide bonds. The molecule has 0 aromatic heterocycles. The van der Waals surface area contributed by atoms with Gasteiger partial charge in [0.15, 0.2) is 0 Å². The summed E-state index contributed by atoms with van der Waals surface area (Å²) in [6.07, 6.45) is 94.9. The first-order valence-corrected chi connectivity index (χ1v) is 40.3. The summed E-state index contributed by atoms with van der Waals surface area (Å²) in [5.41, 5.74) is 0. The Labute approximate surface area is 540 Å². The molecule has 2 atom stereocenters. The summed E-state index contributed by atoms with van der Waals surface area (Å²) in [4.78, 5) is 24.6. The predicted molar refractivity (Wildman–Crippen MR) is 380 cm³/mol. The number of nitrogens with one attached hydrogen (secondary N) is 1. The van der Waals surface area contributed by atoms with Crippen molar-refractivity contribution in [3.63, 3.8) is 0 Å². The molecule has 0 heterocycles. The van der Waals surface area contributed by atoms with Crippen LogP contribution in [-0.4, -0.2) is 47.4 Å². The van der Waals surface area contributed by atoms with Gasteiger partial charge in [-0.1, -0.05) is 438 Å². The Kier molecular flexibility index (Phi) is 75.3. The molecule has 3 N–H and O–H groups in total. The highest BCUT2D eigenvalue weighted by molar-refractivity contribution is 5.76. The van der Waals surface area contributed by atoms with Crippen molar-refractivity contribution in [1.82, 2.24) is 5.32 Å². The molecular weight excluding hydrogens is 1050 g/mol. The van der Waals surface area contributed by atoms with E-state index in [1.807, 2.05) is 0 Å². The van der Waals surface area contributed by atoms with Crippen LogP contribution in [0.1, 0.15) is 476 Å². The number of aliphatic hydroxyl groups is 2.